The summed E-state index contributed by atoms with van der Waals surface area (Å²) in [6.45, 7) is 0.701. The zero-order chi connectivity index (χ0) is 25.7. The van der Waals surface area contributed by atoms with Crippen molar-refractivity contribution < 1.29 is 27.2 Å². The lowest BCUT2D eigenvalue weighted by Crippen LogP contribution is -2.58. The van der Waals surface area contributed by atoms with E-state index < -0.39 is 32.8 Å². The number of nitrogens with one attached hydrogen (secondary N) is 1. The Hall–Kier alpha value is -3.57. The fraction of sp³-hybridized carbons (Fsp3) is 0.240. The predicted molar refractivity (Wildman–Crippen MR) is 132 cm³/mol. The van der Waals surface area contributed by atoms with Gasteiger partial charge in [0.15, 0.2) is 0 Å². The second-order valence-corrected chi connectivity index (χ2v) is 11.2. The summed E-state index contributed by atoms with van der Waals surface area (Å²) in [6, 6.07) is 16.5. The molecule has 2 aromatic carbocycles. The third kappa shape index (κ3) is 5.80. The lowest BCUT2D eigenvalue weighted by molar-refractivity contribution is -0.139. The molecule has 3 amide bonds. The van der Waals surface area contributed by atoms with Crippen LogP contribution in [-0.4, -0.2) is 67.5 Å². The van der Waals surface area contributed by atoms with E-state index in [0.29, 0.717) is 0 Å². The van der Waals surface area contributed by atoms with Gasteiger partial charge in [0.2, 0.25) is 21.1 Å². The van der Waals surface area contributed by atoms with Crippen molar-refractivity contribution in [3.8, 4) is 0 Å². The van der Waals surface area contributed by atoms with Crippen LogP contribution in [0.25, 0.3) is 0 Å². The van der Waals surface area contributed by atoms with Gasteiger partial charge in [-0.05, 0) is 41.3 Å². The van der Waals surface area contributed by atoms with Gasteiger partial charge in [-0.2, -0.15) is 0 Å². The van der Waals surface area contributed by atoms with Gasteiger partial charge in [-0.3, -0.25) is 14.4 Å². The minimum atomic E-state index is -4.39. The lowest BCUT2D eigenvalue weighted by atomic mass is 10.1. The molecule has 8 nitrogen and oxygen atoms in total. The summed E-state index contributed by atoms with van der Waals surface area (Å²) >= 11 is 1.11. The first-order chi connectivity index (χ1) is 17.3. The molecule has 4 rings (SSSR count). The van der Waals surface area contributed by atoms with Gasteiger partial charge < -0.3 is 15.1 Å². The zero-order valence-electron chi connectivity index (χ0n) is 19.2. The number of sulfone groups is 1. The van der Waals surface area contributed by atoms with Crippen LogP contribution in [0.5, 0.6) is 0 Å². The van der Waals surface area contributed by atoms with Crippen molar-refractivity contribution >= 4 is 38.9 Å². The van der Waals surface area contributed by atoms with Crippen molar-refractivity contribution in [1.82, 2.24) is 15.1 Å². The molecule has 1 aliphatic rings. The highest BCUT2D eigenvalue weighted by molar-refractivity contribution is 7.92. The zero-order valence-corrected chi connectivity index (χ0v) is 20.8. The third-order valence-electron chi connectivity index (χ3n) is 5.83. The largest absolute Gasteiger partial charge is 0.339 e. The molecule has 1 fully saturated rings. The van der Waals surface area contributed by atoms with E-state index in [1.807, 2.05) is 30.3 Å². The maximum Gasteiger partial charge on any atom is 0.262 e. The highest BCUT2D eigenvalue weighted by Gasteiger charge is 2.39. The number of piperazine rings is 1. The first-order valence-corrected chi connectivity index (χ1v) is 13.6. The lowest BCUT2D eigenvalue weighted by Gasteiger charge is -2.36. The van der Waals surface area contributed by atoms with Gasteiger partial charge in [0.25, 0.3) is 11.8 Å². The Morgan fingerprint density at radius 2 is 1.53 bits per heavy atom. The minimum absolute atomic E-state index is 0.0882. The Kier molecular flexibility index (Phi) is 7.80. The first-order valence-electron chi connectivity index (χ1n) is 11.2. The quantitative estimate of drug-likeness (QED) is 0.473. The van der Waals surface area contributed by atoms with Crippen molar-refractivity contribution in [2.45, 2.75) is 16.7 Å². The van der Waals surface area contributed by atoms with Gasteiger partial charge >= 0.3 is 0 Å². The van der Waals surface area contributed by atoms with Crippen LogP contribution in [-0.2, 0) is 25.8 Å². The summed E-state index contributed by atoms with van der Waals surface area (Å²) in [5.41, 5.74) is 0.878. The number of amides is 3. The number of hydrogen-bond donors (Lipinski definition) is 1. The molecule has 0 saturated carbocycles. The van der Waals surface area contributed by atoms with Crippen molar-refractivity contribution in [3.63, 3.8) is 0 Å². The molecule has 0 aliphatic carbocycles. The average molecular weight is 530 g/mol. The topological polar surface area (TPSA) is 104 Å². The summed E-state index contributed by atoms with van der Waals surface area (Å²) in [6.07, 6.45) is 0.229. The number of halogens is 1. The van der Waals surface area contributed by atoms with Crippen molar-refractivity contribution in [2.75, 3.05) is 26.2 Å². The van der Waals surface area contributed by atoms with Gasteiger partial charge in [0.1, 0.15) is 5.82 Å². The SMILES string of the molecule is O=C(N[C@@H](C(=O)N1CCN(C(=O)Cc2ccccc2)CC1)S(=O)(=O)c1ccc(F)cc1)c1cccs1. The number of hydrogen-bond acceptors (Lipinski definition) is 6. The van der Waals surface area contributed by atoms with E-state index in [2.05, 4.69) is 5.32 Å². The second-order valence-electron chi connectivity index (χ2n) is 8.20. The molecule has 1 aliphatic heterocycles. The molecule has 1 N–H and O–H groups in total. The van der Waals surface area contributed by atoms with E-state index in [1.54, 1.807) is 16.3 Å². The van der Waals surface area contributed by atoms with Crippen molar-refractivity contribution in [3.05, 3.63) is 88.4 Å². The van der Waals surface area contributed by atoms with Crippen LogP contribution in [0.3, 0.4) is 0 Å². The normalized spacial score (nSPS) is 14.8. The molecule has 2 heterocycles. The second kappa shape index (κ2) is 11.0. The maximum absolute atomic E-state index is 13.4. The highest BCUT2D eigenvalue weighted by Crippen LogP contribution is 2.20. The fourth-order valence-corrected chi connectivity index (χ4v) is 5.95. The van der Waals surface area contributed by atoms with E-state index in [1.165, 1.54) is 11.0 Å². The Morgan fingerprint density at radius 1 is 0.889 bits per heavy atom. The number of rotatable bonds is 7. The van der Waals surface area contributed by atoms with Crippen molar-refractivity contribution in [2.24, 2.45) is 0 Å². The van der Waals surface area contributed by atoms with Gasteiger partial charge in [-0.15, -0.1) is 11.3 Å². The van der Waals surface area contributed by atoms with E-state index in [-0.39, 0.29) is 48.3 Å². The molecule has 11 heteroatoms. The molecule has 0 radical (unpaired) electrons. The number of carbonyl (C=O) groups excluding carboxylic acids is 3. The van der Waals surface area contributed by atoms with Crippen LogP contribution in [0.15, 0.2) is 77.0 Å². The van der Waals surface area contributed by atoms with Crippen molar-refractivity contribution in [1.29, 1.82) is 0 Å². The van der Waals surface area contributed by atoms with Gasteiger partial charge in [-0.1, -0.05) is 36.4 Å². The van der Waals surface area contributed by atoms with Crippen LogP contribution in [0.4, 0.5) is 4.39 Å². The number of thiophene rings is 1. The van der Waals surface area contributed by atoms with Crippen LogP contribution in [0.1, 0.15) is 15.2 Å². The summed E-state index contributed by atoms with van der Waals surface area (Å²) in [4.78, 5) is 41.7. The molecule has 0 spiro atoms. The Bertz CT molecular complexity index is 1320. The standard InChI is InChI=1S/C25H24FN3O5S2/c26-19-8-10-20(11-9-19)36(33,34)24(27-23(31)21-7-4-16-35-21)25(32)29-14-12-28(13-15-29)22(30)17-18-5-2-1-3-6-18/h1-11,16,24H,12-15,17H2,(H,27,31)/t24-/m1/s1. The highest BCUT2D eigenvalue weighted by atomic mass is 32.2. The molecular formula is C25H24FN3O5S2. The Morgan fingerprint density at radius 3 is 2.14 bits per heavy atom. The summed E-state index contributed by atoms with van der Waals surface area (Å²) in [7, 11) is -4.39. The van der Waals surface area contributed by atoms with Gasteiger partial charge in [0.05, 0.1) is 16.2 Å². The number of benzene rings is 2. The third-order valence-corrected chi connectivity index (χ3v) is 8.56. The summed E-state index contributed by atoms with van der Waals surface area (Å²) < 4.78 is 40.1. The average Bonchev–Trinajstić information content (AvgIpc) is 3.43. The predicted octanol–water partition coefficient (Wildman–Crippen LogP) is 2.33. The van der Waals surface area contributed by atoms with Crippen LogP contribution >= 0.6 is 11.3 Å². The first kappa shape index (κ1) is 25.5. The molecule has 188 valence electrons. The summed E-state index contributed by atoms with van der Waals surface area (Å²) in [5, 5.41) is 2.11. The van der Waals surface area contributed by atoms with Crippen LogP contribution in [0, 0.1) is 5.82 Å². The molecule has 0 bridgehead atoms. The summed E-state index contributed by atoms with van der Waals surface area (Å²) in [5.74, 6) is -2.23. The van der Waals surface area contributed by atoms with E-state index in [9.17, 15) is 27.2 Å². The molecule has 3 aromatic rings. The Balaban J connectivity index is 1.49. The number of carbonyl (C=O) groups is 3. The Labute approximate surface area is 212 Å². The van der Waals surface area contributed by atoms with Gasteiger partial charge in [0, 0.05) is 26.2 Å². The minimum Gasteiger partial charge on any atom is -0.339 e. The fourth-order valence-electron chi connectivity index (χ4n) is 3.85. The molecule has 36 heavy (non-hydrogen) atoms. The van der Waals surface area contributed by atoms with E-state index in [0.717, 1.165) is 41.2 Å². The maximum atomic E-state index is 13.4. The monoisotopic (exact) mass is 529 g/mol. The molecule has 0 unspecified atom stereocenters. The molecule has 1 saturated heterocycles. The van der Waals surface area contributed by atoms with E-state index in [4.69, 9.17) is 0 Å². The van der Waals surface area contributed by atoms with Crippen LogP contribution < -0.4 is 5.32 Å². The molecule has 1 aromatic heterocycles. The van der Waals surface area contributed by atoms with Gasteiger partial charge in [-0.25, -0.2) is 12.8 Å². The number of nitrogens with zero attached hydrogens (tertiary/aromatic N) is 2. The molecule has 1 atom stereocenters. The van der Waals surface area contributed by atoms with Crippen LogP contribution in [0.2, 0.25) is 0 Å². The molecular weight excluding hydrogens is 505 g/mol. The smallest absolute Gasteiger partial charge is 0.262 e. The van der Waals surface area contributed by atoms with E-state index >= 15 is 0 Å².